The summed E-state index contributed by atoms with van der Waals surface area (Å²) < 4.78 is 0. The Bertz CT molecular complexity index is 740. The molecule has 3 rings (SSSR count). The molecule has 4 heteroatoms. The van der Waals surface area contributed by atoms with Gasteiger partial charge >= 0.3 is 0 Å². The van der Waals surface area contributed by atoms with Crippen molar-refractivity contribution in [2.75, 3.05) is 5.32 Å². The first-order valence-electron chi connectivity index (χ1n) is 7.21. The van der Waals surface area contributed by atoms with Crippen LogP contribution in [0.5, 0.6) is 0 Å². The molecule has 1 N–H and O–H groups in total. The zero-order valence-electron chi connectivity index (χ0n) is 12.2. The molecule has 21 heavy (non-hydrogen) atoms. The number of aromatic nitrogens is 3. The molecule has 3 aromatic rings. The fraction of sp³-hybridized carbons (Fsp3) is 0.235. The van der Waals surface area contributed by atoms with Gasteiger partial charge in [0.15, 0.2) is 5.82 Å². The van der Waals surface area contributed by atoms with Crippen LogP contribution in [0.25, 0.3) is 22.3 Å². The van der Waals surface area contributed by atoms with Crippen molar-refractivity contribution in [2.45, 2.75) is 26.3 Å². The lowest BCUT2D eigenvalue weighted by Crippen LogP contribution is -2.15. The molecule has 2 aromatic heterocycles. The Morgan fingerprint density at radius 1 is 1.05 bits per heavy atom. The highest BCUT2D eigenvalue weighted by Gasteiger charge is 2.10. The quantitative estimate of drug-likeness (QED) is 0.786. The minimum atomic E-state index is 0.369. The van der Waals surface area contributed by atoms with E-state index < -0.39 is 0 Å². The molecule has 0 bridgehead atoms. The largest absolute Gasteiger partial charge is 0.367 e. The molecule has 2 heterocycles. The summed E-state index contributed by atoms with van der Waals surface area (Å²) in [6.07, 6.45) is 4.56. The molecule has 0 saturated heterocycles. The normalized spacial score (nSPS) is 12.3. The lowest BCUT2D eigenvalue weighted by atomic mass is 10.2. The van der Waals surface area contributed by atoms with Gasteiger partial charge < -0.3 is 5.32 Å². The number of anilines is 1. The van der Waals surface area contributed by atoms with Gasteiger partial charge in [-0.25, -0.2) is 9.97 Å². The van der Waals surface area contributed by atoms with E-state index in [9.17, 15) is 0 Å². The molecule has 0 unspecified atom stereocenters. The topological polar surface area (TPSA) is 50.7 Å². The van der Waals surface area contributed by atoms with E-state index in [-0.39, 0.29) is 0 Å². The summed E-state index contributed by atoms with van der Waals surface area (Å²) in [5.41, 5.74) is 1.92. The summed E-state index contributed by atoms with van der Waals surface area (Å²) in [5.74, 6) is 1.61. The monoisotopic (exact) mass is 278 g/mol. The maximum Gasteiger partial charge on any atom is 0.162 e. The molecule has 1 atom stereocenters. The number of para-hydroxylation sites is 1. The van der Waals surface area contributed by atoms with Gasteiger partial charge in [0, 0.05) is 29.4 Å². The van der Waals surface area contributed by atoms with Gasteiger partial charge in [0.2, 0.25) is 0 Å². The molecule has 0 amide bonds. The highest BCUT2D eigenvalue weighted by atomic mass is 15.0. The number of benzene rings is 1. The summed E-state index contributed by atoms with van der Waals surface area (Å²) >= 11 is 0. The first kappa shape index (κ1) is 13.5. The minimum absolute atomic E-state index is 0.369. The molecular weight excluding hydrogens is 260 g/mol. The van der Waals surface area contributed by atoms with Crippen molar-refractivity contribution in [3.63, 3.8) is 0 Å². The molecule has 0 fully saturated rings. The van der Waals surface area contributed by atoms with Gasteiger partial charge in [0.05, 0.1) is 5.52 Å². The fourth-order valence-corrected chi connectivity index (χ4v) is 2.15. The Labute approximate surface area is 124 Å². The molecule has 106 valence electrons. The van der Waals surface area contributed by atoms with E-state index in [1.165, 1.54) is 0 Å². The van der Waals surface area contributed by atoms with E-state index in [0.29, 0.717) is 6.04 Å². The fourth-order valence-electron chi connectivity index (χ4n) is 2.15. The van der Waals surface area contributed by atoms with Crippen LogP contribution in [0, 0.1) is 0 Å². The van der Waals surface area contributed by atoms with Crippen LogP contribution in [0.3, 0.4) is 0 Å². The van der Waals surface area contributed by atoms with Crippen molar-refractivity contribution in [1.82, 2.24) is 15.0 Å². The number of pyridine rings is 1. The number of hydrogen-bond donors (Lipinski definition) is 1. The number of nitrogens with zero attached hydrogens (tertiary/aromatic N) is 3. The molecule has 4 nitrogen and oxygen atoms in total. The maximum atomic E-state index is 4.71. The van der Waals surface area contributed by atoms with Crippen molar-refractivity contribution >= 4 is 16.7 Å². The van der Waals surface area contributed by atoms with Crippen LogP contribution in [-0.4, -0.2) is 21.0 Å². The van der Waals surface area contributed by atoms with Gasteiger partial charge in [-0.1, -0.05) is 19.1 Å². The summed E-state index contributed by atoms with van der Waals surface area (Å²) in [4.78, 5) is 13.4. The number of nitrogens with one attached hydrogen (secondary N) is 1. The predicted molar refractivity (Wildman–Crippen MR) is 86.1 cm³/mol. The molecule has 0 spiro atoms. The molecule has 0 aliphatic rings. The highest BCUT2D eigenvalue weighted by molar-refractivity contribution is 5.90. The van der Waals surface area contributed by atoms with E-state index in [2.05, 4.69) is 35.2 Å². The minimum Gasteiger partial charge on any atom is -0.367 e. The molecular formula is C17H18N4. The van der Waals surface area contributed by atoms with Crippen LogP contribution < -0.4 is 5.32 Å². The van der Waals surface area contributed by atoms with Gasteiger partial charge in [0.1, 0.15) is 5.82 Å². The number of rotatable bonds is 4. The Hall–Kier alpha value is -2.49. The Balaban J connectivity index is 2.15. The van der Waals surface area contributed by atoms with Crippen LogP contribution in [-0.2, 0) is 0 Å². The second-order valence-electron chi connectivity index (χ2n) is 5.10. The molecule has 0 saturated carbocycles. The average molecular weight is 278 g/mol. The van der Waals surface area contributed by atoms with Gasteiger partial charge in [0.25, 0.3) is 0 Å². The number of hydrogen-bond acceptors (Lipinski definition) is 4. The van der Waals surface area contributed by atoms with Crippen molar-refractivity contribution < 1.29 is 0 Å². The zero-order chi connectivity index (χ0) is 14.7. The molecule has 0 aliphatic carbocycles. The van der Waals surface area contributed by atoms with E-state index in [1.807, 2.05) is 30.3 Å². The Morgan fingerprint density at radius 2 is 1.81 bits per heavy atom. The highest BCUT2D eigenvalue weighted by Crippen LogP contribution is 2.25. The first-order chi connectivity index (χ1) is 10.3. The van der Waals surface area contributed by atoms with E-state index in [1.54, 1.807) is 12.4 Å². The molecule has 0 aliphatic heterocycles. The third kappa shape index (κ3) is 2.84. The van der Waals surface area contributed by atoms with Gasteiger partial charge in [-0.05, 0) is 37.6 Å². The van der Waals surface area contributed by atoms with Crippen LogP contribution in [0.4, 0.5) is 5.82 Å². The van der Waals surface area contributed by atoms with Crippen molar-refractivity contribution in [1.29, 1.82) is 0 Å². The maximum absolute atomic E-state index is 4.71. The lowest BCUT2D eigenvalue weighted by molar-refractivity contribution is 0.760. The number of fused-ring (bicyclic) bond motifs is 1. The smallest absolute Gasteiger partial charge is 0.162 e. The second kappa shape index (κ2) is 5.87. The predicted octanol–water partition coefficient (Wildman–Crippen LogP) is 3.90. The summed E-state index contributed by atoms with van der Waals surface area (Å²) in [7, 11) is 0. The van der Waals surface area contributed by atoms with Crippen molar-refractivity contribution in [3.8, 4) is 11.4 Å². The van der Waals surface area contributed by atoms with E-state index in [0.717, 1.165) is 34.5 Å². The average Bonchev–Trinajstić information content (AvgIpc) is 2.55. The lowest BCUT2D eigenvalue weighted by Gasteiger charge is -2.15. The van der Waals surface area contributed by atoms with Crippen LogP contribution >= 0.6 is 0 Å². The third-order valence-electron chi connectivity index (χ3n) is 3.54. The van der Waals surface area contributed by atoms with E-state index in [4.69, 9.17) is 4.98 Å². The van der Waals surface area contributed by atoms with Gasteiger partial charge in [-0.3, -0.25) is 4.98 Å². The summed E-state index contributed by atoms with van der Waals surface area (Å²) in [5, 5.41) is 4.53. The van der Waals surface area contributed by atoms with Crippen molar-refractivity contribution in [3.05, 3.63) is 48.8 Å². The molecule has 0 radical (unpaired) electrons. The third-order valence-corrected chi connectivity index (χ3v) is 3.54. The van der Waals surface area contributed by atoms with Crippen molar-refractivity contribution in [2.24, 2.45) is 0 Å². The second-order valence-corrected chi connectivity index (χ2v) is 5.10. The van der Waals surface area contributed by atoms with Gasteiger partial charge in [-0.2, -0.15) is 0 Å². The zero-order valence-corrected chi connectivity index (χ0v) is 12.2. The standard InChI is InChI=1S/C17H18N4/c1-3-12(2)19-17-14-6-4-5-7-15(14)20-16(21-17)13-8-10-18-11-9-13/h4-12H,3H2,1-2H3,(H,19,20,21)/t12-/m0/s1. The SMILES string of the molecule is CC[C@H](C)Nc1nc(-c2ccncc2)nc2ccccc12. The Morgan fingerprint density at radius 3 is 2.57 bits per heavy atom. The van der Waals surface area contributed by atoms with E-state index >= 15 is 0 Å². The first-order valence-corrected chi connectivity index (χ1v) is 7.21. The van der Waals surface area contributed by atoms with Crippen LogP contribution in [0.1, 0.15) is 20.3 Å². The van der Waals surface area contributed by atoms with Crippen LogP contribution in [0.2, 0.25) is 0 Å². The Kier molecular flexibility index (Phi) is 3.77. The molecule has 1 aromatic carbocycles. The van der Waals surface area contributed by atoms with Crippen LogP contribution in [0.15, 0.2) is 48.8 Å². The summed E-state index contributed by atoms with van der Waals surface area (Å²) in [6.45, 7) is 4.31. The summed E-state index contributed by atoms with van der Waals surface area (Å²) in [6, 6.07) is 12.3. The van der Waals surface area contributed by atoms with Gasteiger partial charge in [-0.15, -0.1) is 0 Å².